The van der Waals surface area contributed by atoms with Gasteiger partial charge in [-0.3, -0.25) is 0 Å². The van der Waals surface area contributed by atoms with E-state index >= 15 is 0 Å². The van der Waals surface area contributed by atoms with Crippen molar-refractivity contribution in [2.24, 2.45) is 11.8 Å². The van der Waals surface area contributed by atoms with E-state index in [2.05, 4.69) is 0 Å². The fourth-order valence-electron chi connectivity index (χ4n) is 3.56. The molecule has 2 saturated carbocycles. The SMILES string of the molecule is C1CCCC(C2CCCCCC2)CC1.[Pt]. The summed E-state index contributed by atoms with van der Waals surface area (Å²) >= 11 is 0. The minimum atomic E-state index is 0. The van der Waals surface area contributed by atoms with Crippen LogP contribution < -0.4 is 0 Å². The minimum Gasteiger partial charge on any atom is -0.0533 e. The molecule has 92 valence electrons. The van der Waals surface area contributed by atoms with E-state index in [4.69, 9.17) is 0 Å². The molecule has 0 atom stereocenters. The monoisotopic (exact) mass is 389 g/mol. The molecule has 2 fully saturated rings. The molecule has 0 N–H and O–H groups in total. The van der Waals surface area contributed by atoms with Crippen molar-refractivity contribution < 1.29 is 21.1 Å². The van der Waals surface area contributed by atoms with Crippen molar-refractivity contribution >= 4 is 0 Å². The molecule has 0 spiro atoms. The summed E-state index contributed by atoms with van der Waals surface area (Å²) in [7, 11) is 0. The Morgan fingerprint density at radius 3 is 0.933 bits per heavy atom. The van der Waals surface area contributed by atoms with Crippen molar-refractivity contribution in [1.82, 2.24) is 0 Å². The molecule has 15 heavy (non-hydrogen) atoms. The summed E-state index contributed by atoms with van der Waals surface area (Å²) in [6.45, 7) is 0. The van der Waals surface area contributed by atoms with Gasteiger partial charge in [-0.2, -0.15) is 0 Å². The Labute approximate surface area is 110 Å². The third-order valence-electron chi connectivity index (χ3n) is 4.47. The molecule has 0 heterocycles. The summed E-state index contributed by atoms with van der Waals surface area (Å²) in [5.74, 6) is 2.24. The van der Waals surface area contributed by atoms with Crippen LogP contribution in [0.5, 0.6) is 0 Å². The Morgan fingerprint density at radius 2 is 0.667 bits per heavy atom. The maximum Gasteiger partial charge on any atom is 0 e. The summed E-state index contributed by atoms with van der Waals surface area (Å²) in [6.07, 6.45) is 18.4. The van der Waals surface area contributed by atoms with Gasteiger partial charge in [0.1, 0.15) is 0 Å². The molecule has 0 bridgehead atoms. The first-order valence-corrected chi connectivity index (χ1v) is 6.97. The molecular weight excluding hydrogens is 363 g/mol. The first kappa shape index (κ1) is 13.8. The maximum atomic E-state index is 1.56. The van der Waals surface area contributed by atoms with Crippen LogP contribution in [0, 0.1) is 11.8 Å². The predicted molar refractivity (Wildman–Crippen MR) is 62.4 cm³/mol. The quantitative estimate of drug-likeness (QED) is 0.558. The zero-order valence-electron chi connectivity index (χ0n) is 9.96. The Balaban J connectivity index is 0.00000112. The van der Waals surface area contributed by atoms with E-state index in [-0.39, 0.29) is 21.1 Å². The molecule has 0 aromatic carbocycles. The van der Waals surface area contributed by atoms with Gasteiger partial charge in [-0.25, -0.2) is 0 Å². The van der Waals surface area contributed by atoms with E-state index in [1.165, 1.54) is 51.4 Å². The first-order valence-electron chi connectivity index (χ1n) is 6.97. The second kappa shape index (κ2) is 7.88. The summed E-state index contributed by atoms with van der Waals surface area (Å²) < 4.78 is 0. The molecule has 1 heteroatoms. The van der Waals surface area contributed by atoms with Crippen LogP contribution in [-0.2, 0) is 21.1 Å². The molecule has 0 aromatic rings. The number of hydrogen-bond acceptors (Lipinski definition) is 0. The molecule has 2 aliphatic rings. The summed E-state index contributed by atoms with van der Waals surface area (Å²) in [6, 6.07) is 0. The van der Waals surface area contributed by atoms with Crippen molar-refractivity contribution in [1.29, 1.82) is 0 Å². The van der Waals surface area contributed by atoms with Crippen LogP contribution in [0.15, 0.2) is 0 Å². The summed E-state index contributed by atoms with van der Waals surface area (Å²) in [5.41, 5.74) is 0. The van der Waals surface area contributed by atoms with Crippen LogP contribution in [0.25, 0.3) is 0 Å². The molecular formula is C14H26Pt. The fraction of sp³-hybridized carbons (Fsp3) is 1.00. The van der Waals surface area contributed by atoms with Crippen LogP contribution in [0.4, 0.5) is 0 Å². The van der Waals surface area contributed by atoms with Crippen LogP contribution >= 0.6 is 0 Å². The van der Waals surface area contributed by atoms with E-state index in [0.717, 1.165) is 11.8 Å². The zero-order chi connectivity index (χ0) is 9.64. The van der Waals surface area contributed by atoms with Crippen LogP contribution in [0.3, 0.4) is 0 Å². The van der Waals surface area contributed by atoms with Crippen LogP contribution in [-0.4, -0.2) is 0 Å². The van der Waals surface area contributed by atoms with Gasteiger partial charge in [0.05, 0.1) is 0 Å². The Kier molecular flexibility index (Phi) is 7.22. The molecule has 0 unspecified atom stereocenters. The third kappa shape index (κ3) is 4.59. The normalized spacial score (nSPS) is 26.4. The van der Waals surface area contributed by atoms with Gasteiger partial charge in [-0.05, 0) is 11.8 Å². The van der Waals surface area contributed by atoms with Crippen LogP contribution in [0.2, 0.25) is 0 Å². The molecule has 0 amide bonds. The Bertz CT molecular complexity index is 121. The summed E-state index contributed by atoms with van der Waals surface area (Å²) in [5, 5.41) is 0. The Hall–Kier alpha value is 0.688. The Morgan fingerprint density at radius 1 is 0.400 bits per heavy atom. The number of hydrogen-bond donors (Lipinski definition) is 0. The van der Waals surface area contributed by atoms with Gasteiger partial charge in [0.25, 0.3) is 0 Å². The molecule has 0 nitrogen and oxygen atoms in total. The van der Waals surface area contributed by atoms with E-state index < -0.39 is 0 Å². The van der Waals surface area contributed by atoms with Crippen molar-refractivity contribution in [3.8, 4) is 0 Å². The van der Waals surface area contributed by atoms with Gasteiger partial charge in [0, 0.05) is 21.1 Å². The van der Waals surface area contributed by atoms with E-state index in [0.29, 0.717) is 0 Å². The van der Waals surface area contributed by atoms with Gasteiger partial charge in [0.2, 0.25) is 0 Å². The average Bonchev–Trinajstić information content (AvgIpc) is 2.62. The molecule has 0 aromatic heterocycles. The average molecular weight is 389 g/mol. The van der Waals surface area contributed by atoms with Gasteiger partial charge in [-0.15, -0.1) is 0 Å². The molecule has 2 aliphatic carbocycles. The van der Waals surface area contributed by atoms with Gasteiger partial charge in [0.15, 0.2) is 0 Å². The van der Waals surface area contributed by atoms with Gasteiger partial charge < -0.3 is 0 Å². The minimum absolute atomic E-state index is 0. The van der Waals surface area contributed by atoms with Gasteiger partial charge in [-0.1, -0.05) is 77.0 Å². The van der Waals surface area contributed by atoms with Crippen LogP contribution in [0.1, 0.15) is 77.0 Å². The molecule has 2 rings (SSSR count). The van der Waals surface area contributed by atoms with E-state index in [9.17, 15) is 0 Å². The molecule has 0 saturated heterocycles. The predicted octanol–water partition coefficient (Wildman–Crippen LogP) is 4.92. The van der Waals surface area contributed by atoms with Crippen molar-refractivity contribution in [3.05, 3.63) is 0 Å². The van der Waals surface area contributed by atoms with E-state index in [1.807, 2.05) is 0 Å². The van der Waals surface area contributed by atoms with Crippen molar-refractivity contribution in [3.63, 3.8) is 0 Å². The standard InChI is InChI=1S/C14H26.Pt/c1-2-6-10-13(9-5-1)14-11-7-3-4-8-12-14;/h13-14H,1-12H2;. The van der Waals surface area contributed by atoms with Crippen molar-refractivity contribution in [2.45, 2.75) is 77.0 Å². The smallest absolute Gasteiger partial charge is 0 e. The second-order valence-corrected chi connectivity index (χ2v) is 5.50. The summed E-state index contributed by atoms with van der Waals surface area (Å²) in [4.78, 5) is 0. The number of rotatable bonds is 1. The largest absolute Gasteiger partial charge is 0.0533 e. The maximum absolute atomic E-state index is 1.56. The topological polar surface area (TPSA) is 0 Å². The third-order valence-corrected chi connectivity index (χ3v) is 4.47. The molecule has 0 aliphatic heterocycles. The molecule has 0 radical (unpaired) electrons. The van der Waals surface area contributed by atoms with Crippen molar-refractivity contribution in [2.75, 3.05) is 0 Å². The second-order valence-electron chi connectivity index (χ2n) is 5.50. The first-order chi connectivity index (χ1) is 6.97. The van der Waals surface area contributed by atoms with Gasteiger partial charge >= 0.3 is 0 Å². The zero-order valence-corrected chi connectivity index (χ0v) is 12.2. The fourth-order valence-corrected chi connectivity index (χ4v) is 3.56. The van der Waals surface area contributed by atoms with E-state index in [1.54, 1.807) is 25.7 Å².